The molecule has 150 valence electrons. The van der Waals surface area contributed by atoms with E-state index in [1.165, 1.54) is 0 Å². The molecule has 1 atom stereocenters. The molecule has 0 aliphatic carbocycles. The van der Waals surface area contributed by atoms with Crippen molar-refractivity contribution in [1.82, 2.24) is 19.8 Å². The van der Waals surface area contributed by atoms with E-state index in [-0.39, 0.29) is 17.5 Å². The molecule has 1 saturated heterocycles. The van der Waals surface area contributed by atoms with Crippen LogP contribution in [0.3, 0.4) is 0 Å². The Morgan fingerprint density at radius 3 is 2.93 bits per heavy atom. The number of carbonyl (C=O) groups is 1. The second-order valence-corrected chi connectivity index (χ2v) is 7.39. The number of likely N-dealkylation sites (tertiary alicyclic amines) is 1. The molecule has 1 aliphatic rings. The van der Waals surface area contributed by atoms with Crippen molar-refractivity contribution < 1.29 is 9.21 Å². The van der Waals surface area contributed by atoms with Crippen LogP contribution in [0.1, 0.15) is 28.2 Å². The molecule has 2 aromatic heterocycles. The molecule has 8 nitrogen and oxygen atoms in total. The smallest absolute Gasteiger partial charge is 0.349 e. The van der Waals surface area contributed by atoms with Gasteiger partial charge in [-0.15, -0.1) is 0 Å². The first-order valence-electron chi connectivity index (χ1n) is 9.53. The van der Waals surface area contributed by atoms with E-state index < -0.39 is 5.63 Å². The zero-order chi connectivity index (χ0) is 20.5. The molecule has 1 aliphatic heterocycles. The van der Waals surface area contributed by atoms with Gasteiger partial charge in [-0.3, -0.25) is 9.69 Å². The van der Waals surface area contributed by atoms with Gasteiger partial charge in [0.25, 0.3) is 5.91 Å². The van der Waals surface area contributed by atoms with E-state index in [0.717, 1.165) is 11.8 Å². The van der Waals surface area contributed by atoms with Gasteiger partial charge < -0.3 is 15.1 Å². The van der Waals surface area contributed by atoms with Crippen molar-refractivity contribution in [2.45, 2.75) is 25.9 Å². The highest BCUT2D eigenvalue weighted by molar-refractivity contribution is 5.99. The quantitative estimate of drug-likeness (QED) is 0.674. The molecule has 29 heavy (non-hydrogen) atoms. The lowest BCUT2D eigenvalue weighted by Crippen LogP contribution is -2.38. The Morgan fingerprint density at radius 2 is 2.14 bits per heavy atom. The molecule has 0 bridgehead atoms. The summed E-state index contributed by atoms with van der Waals surface area (Å²) in [6.07, 6.45) is 2.44. The Balaban J connectivity index is 1.51. The van der Waals surface area contributed by atoms with Crippen LogP contribution < -0.4 is 11.4 Å². The van der Waals surface area contributed by atoms with E-state index in [2.05, 4.69) is 14.9 Å². The van der Waals surface area contributed by atoms with Crippen molar-refractivity contribution in [2.75, 3.05) is 25.9 Å². The number of anilines is 1. The van der Waals surface area contributed by atoms with Crippen molar-refractivity contribution in [3.8, 4) is 0 Å². The van der Waals surface area contributed by atoms with Gasteiger partial charge in [-0.25, -0.2) is 14.8 Å². The first-order valence-corrected chi connectivity index (χ1v) is 9.53. The number of aryl methyl sites for hydroxylation is 1. The van der Waals surface area contributed by atoms with E-state index in [9.17, 15) is 9.59 Å². The van der Waals surface area contributed by atoms with Crippen LogP contribution >= 0.6 is 0 Å². The average Bonchev–Trinajstić information content (AvgIpc) is 3.18. The van der Waals surface area contributed by atoms with Crippen LogP contribution in [0.25, 0.3) is 11.0 Å². The molecule has 3 aromatic rings. The first-order chi connectivity index (χ1) is 13.9. The van der Waals surface area contributed by atoms with Gasteiger partial charge >= 0.3 is 5.63 Å². The Labute approximate surface area is 168 Å². The molecule has 0 saturated carbocycles. The standard InChI is InChI=1S/C21H23N5O3/c1-13-15-5-3-4-6-16(15)29-21(28)19(13)20(27)26-10-8-14(11-26)25(2)12-18-23-9-7-17(22)24-18/h3-7,9,14H,8,10-12H2,1-2H3,(H2,22,23,24)/t14-/m0/s1. The summed E-state index contributed by atoms with van der Waals surface area (Å²) in [5.41, 5.74) is 6.40. The van der Waals surface area contributed by atoms with Gasteiger partial charge in [0.2, 0.25) is 0 Å². The third-order valence-electron chi connectivity index (χ3n) is 5.48. The lowest BCUT2D eigenvalue weighted by Gasteiger charge is -2.24. The van der Waals surface area contributed by atoms with Crippen molar-refractivity contribution in [2.24, 2.45) is 0 Å². The van der Waals surface area contributed by atoms with Crippen molar-refractivity contribution in [3.05, 3.63) is 63.9 Å². The number of para-hydroxylation sites is 1. The van der Waals surface area contributed by atoms with E-state index in [1.54, 1.807) is 36.2 Å². The Morgan fingerprint density at radius 1 is 1.34 bits per heavy atom. The summed E-state index contributed by atoms with van der Waals surface area (Å²) in [5, 5.41) is 0.780. The van der Waals surface area contributed by atoms with Gasteiger partial charge in [0.1, 0.15) is 22.8 Å². The van der Waals surface area contributed by atoms with Crippen molar-refractivity contribution >= 4 is 22.7 Å². The van der Waals surface area contributed by atoms with Crippen LogP contribution in [-0.4, -0.2) is 51.9 Å². The second kappa shape index (κ2) is 7.63. The Kier molecular flexibility index (Phi) is 5.02. The van der Waals surface area contributed by atoms with Crippen LogP contribution in [0, 0.1) is 6.92 Å². The van der Waals surface area contributed by atoms with E-state index >= 15 is 0 Å². The van der Waals surface area contributed by atoms with Crippen molar-refractivity contribution in [3.63, 3.8) is 0 Å². The minimum atomic E-state index is -0.587. The summed E-state index contributed by atoms with van der Waals surface area (Å²) in [7, 11) is 1.97. The number of hydrogen-bond donors (Lipinski definition) is 1. The lowest BCUT2D eigenvalue weighted by molar-refractivity contribution is 0.0774. The molecular weight excluding hydrogens is 370 g/mol. The molecule has 2 N–H and O–H groups in total. The number of nitrogens with two attached hydrogens (primary N) is 1. The fourth-order valence-electron chi connectivity index (χ4n) is 3.84. The van der Waals surface area contributed by atoms with Gasteiger partial charge in [-0.2, -0.15) is 0 Å². The average molecular weight is 393 g/mol. The van der Waals surface area contributed by atoms with Crippen LogP contribution in [0.15, 0.2) is 45.7 Å². The fraction of sp³-hybridized carbons (Fsp3) is 0.333. The summed E-state index contributed by atoms with van der Waals surface area (Å²) in [6.45, 7) is 3.44. The largest absolute Gasteiger partial charge is 0.422 e. The summed E-state index contributed by atoms with van der Waals surface area (Å²) in [5.74, 6) is 0.798. The SMILES string of the molecule is Cc1c(C(=O)N2CC[C@H](N(C)Cc3nccc(N)n3)C2)c(=O)oc2ccccc12. The highest BCUT2D eigenvalue weighted by Gasteiger charge is 2.32. The zero-order valence-electron chi connectivity index (χ0n) is 16.5. The number of rotatable bonds is 4. The molecule has 3 heterocycles. The minimum absolute atomic E-state index is 0.117. The maximum absolute atomic E-state index is 13.1. The third kappa shape index (κ3) is 3.71. The van der Waals surface area contributed by atoms with Crippen LogP contribution in [0.4, 0.5) is 5.82 Å². The zero-order valence-corrected chi connectivity index (χ0v) is 16.5. The summed E-state index contributed by atoms with van der Waals surface area (Å²) in [4.78, 5) is 37.9. The first kappa shape index (κ1) is 19.1. The van der Waals surface area contributed by atoms with Crippen LogP contribution in [0.2, 0.25) is 0 Å². The molecule has 1 fully saturated rings. The van der Waals surface area contributed by atoms with Crippen LogP contribution in [-0.2, 0) is 6.54 Å². The predicted octanol–water partition coefficient (Wildman–Crippen LogP) is 1.82. The van der Waals surface area contributed by atoms with Gasteiger partial charge in [-0.1, -0.05) is 18.2 Å². The molecule has 1 amide bonds. The Hall–Kier alpha value is -3.26. The van der Waals surface area contributed by atoms with Gasteiger partial charge in [0.15, 0.2) is 0 Å². The Bertz CT molecular complexity index is 1130. The number of amides is 1. The number of carbonyl (C=O) groups excluding carboxylic acids is 1. The number of nitrogen functional groups attached to an aromatic ring is 1. The monoisotopic (exact) mass is 393 g/mol. The van der Waals surface area contributed by atoms with Gasteiger partial charge in [0, 0.05) is 30.7 Å². The summed E-state index contributed by atoms with van der Waals surface area (Å²) >= 11 is 0. The van der Waals surface area contributed by atoms with Gasteiger partial charge in [0.05, 0.1) is 6.54 Å². The van der Waals surface area contributed by atoms with Gasteiger partial charge in [-0.05, 0) is 38.1 Å². The number of hydrogen-bond acceptors (Lipinski definition) is 7. The highest BCUT2D eigenvalue weighted by Crippen LogP contribution is 2.23. The second-order valence-electron chi connectivity index (χ2n) is 7.39. The molecule has 4 rings (SSSR count). The van der Waals surface area contributed by atoms with E-state index in [0.29, 0.717) is 42.4 Å². The number of fused-ring (bicyclic) bond motifs is 1. The fourth-order valence-corrected chi connectivity index (χ4v) is 3.84. The summed E-state index contributed by atoms with van der Waals surface area (Å²) in [6, 6.07) is 9.06. The maximum atomic E-state index is 13.1. The molecule has 8 heteroatoms. The van der Waals surface area contributed by atoms with E-state index in [1.807, 2.05) is 19.2 Å². The number of benzene rings is 1. The number of nitrogens with zero attached hydrogens (tertiary/aromatic N) is 4. The lowest BCUT2D eigenvalue weighted by atomic mass is 10.1. The predicted molar refractivity (Wildman–Crippen MR) is 109 cm³/mol. The van der Waals surface area contributed by atoms with Crippen LogP contribution in [0.5, 0.6) is 0 Å². The minimum Gasteiger partial charge on any atom is -0.422 e. The summed E-state index contributed by atoms with van der Waals surface area (Å²) < 4.78 is 5.38. The molecular formula is C21H23N5O3. The molecule has 0 unspecified atom stereocenters. The third-order valence-corrected chi connectivity index (χ3v) is 5.48. The number of likely N-dealkylation sites (N-methyl/N-ethyl adjacent to an activating group) is 1. The molecule has 0 radical (unpaired) electrons. The highest BCUT2D eigenvalue weighted by atomic mass is 16.4. The number of aromatic nitrogens is 2. The molecule has 0 spiro atoms. The molecule has 1 aromatic carbocycles. The normalized spacial score (nSPS) is 16.7. The topological polar surface area (TPSA) is 106 Å². The maximum Gasteiger partial charge on any atom is 0.349 e. The van der Waals surface area contributed by atoms with Crippen molar-refractivity contribution in [1.29, 1.82) is 0 Å². The van der Waals surface area contributed by atoms with E-state index in [4.69, 9.17) is 10.2 Å².